The zero-order valence-corrected chi connectivity index (χ0v) is 56.1. The summed E-state index contributed by atoms with van der Waals surface area (Å²) in [5, 5.41) is 20.1. The predicted molar refractivity (Wildman–Crippen MR) is 353 cm³/mol. The summed E-state index contributed by atoms with van der Waals surface area (Å²) in [6.45, 7) is 18.1. The Morgan fingerprint density at radius 3 is 1.52 bits per heavy atom. The third-order valence-electron chi connectivity index (χ3n) is 14.6. The number of hydrogen-bond donors (Lipinski definition) is 5. The first kappa shape index (κ1) is 69.3. The fourth-order valence-corrected chi connectivity index (χ4v) is 11.7. The zero-order valence-electron chi connectivity index (χ0n) is 50.0. The predicted octanol–water partition coefficient (Wildman–Crippen LogP) is 11.8. The van der Waals surface area contributed by atoms with E-state index in [4.69, 9.17) is 90.5 Å². The van der Waals surface area contributed by atoms with E-state index in [0.29, 0.717) is 114 Å². The number of ether oxygens (including phenoxy) is 2. The van der Waals surface area contributed by atoms with Crippen LogP contribution in [-0.4, -0.2) is 178 Å². The van der Waals surface area contributed by atoms with E-state index in [1.165, 1.54) is 0 Å². The van der Waals surface area contributed by atoms with Gasteiger partial charge in [0.15, 0.2) is 17.6 Å². The van der Waals surface area contributed by atoms with E-state index in [1.807, 2.05) is 82.8 Å². The topological polar surface area (TPSA) is 257 Å². The van der Waals surface area contributed by atoms with E-state index in [-0.39, 0.29) is 53.2 Å². The van der Waals surface area contributed by atoms with Crippen molar-refractivity contribution in [2.45, 2.75) is 90.9 Å². The molecule has 4 amide bonds. The van der Waals surface area contributed by atoms with Crippen molar-refractivity contribution >= 4 is 133 Å². The molecule has 3 aliphatic heterocycles. The molecule has 0 radical (unpaired) electrons. The van der Waals surface area contributed by atoms with Crippen molar-refractivity contribution in [2.24, 2.45) is 22.4 Å². The van der Waals surface area contributed by atoms with Gasteiger partial charge >= 0.3 is 12.2 Å². The Balaban J connectivity index is 0.000000192. The number of benzene rings is 3. The molecule has 21 nitrogen and oxygen atoms in total. The van der Waals surface area contributed by atoms with Crippen LogP contribution in [0.2, 0.25) is 30.1 Å². The normalized spacial score (nSPS) is 16.4. The molecule has 5 aromatic rings. The number of nitrogens with zero attached hydrogens (tertiary/aromatic N) is 9. The number of nitrogens with one attached hydrogen (secondary N) is 3. The first-order valence-electron chi connectivity index (χ1n) is 28.9. The Kier molecular flexibility index (Phi) is 24.9. The minimum absolute atomic E-state index is 0.0815. The molecule has 88 heavy (non-hydrogen) atoms. The second-order valence-corrected chi connectivity index (χ2v) is 26.5. The van der Waals surface area contributed by atoms with E-state index in [1.54, 1.807) is 51.2 Å². The van der Waals surface area contributed by atoms with Gasteiger partial charge in [0.1, 0.15) is 17.2 Å². The van der Waals surface area contributed by atoms with Gasteiger partial charge in [-0.15, -0.1) is 0 Å². The lowest BCUT2D eigenvalue weighted by Crippen LogP contribution is -2.52. The van der Waals surface area contributed by atoms with E-state index >= 15 is 0 Å². The molecule has 0 unspecified atom stereocenters. The fourth-order valence-electron chi connectivity index (χ4n) is 10.0. The Hall–Kier alpha value is -6.14. The lowest BCUT2D eigenvalue weighted by Gasteiger charge is -2.35. The number of hydrogen-bond acceptors (Lipinski definition) is 13. The molecule has 3 saturated heterocycles. The molecule has 4 fully saturated rings. The summed E-state index contributed by atoms with van der Waals surface area (Å²) in [6, 6.07) is 19.1. The molecule has 2 aromatic heterocycles. The average molecular weight is 1400 g/mol. The quantitative estimate of drug-likeness (QED) is 0.0337. The number of anilines is 2. The van der Waals surface area contributed by atoms with E-state index in [9.17, 15) is 24.0 Å². The third kappa shape index (κ3) is 19.7. The molecule has 1 atom stereocenters. The number of Topliss-reactive ketones (excluding diaryl/α,β-unsaturated/α-hetero) is 1. The van der Waals surface area contributed by atoms with E-state index < -0.39 is 17.2 Å². The van der Waals surface area contributed by atoms with Gasteiger partial charge in [0.25, 0.3) is 0 Å². The maximum atomic E-state index is 12.8. The van der Waals surface area contributed by atoms with Gasteiger partial charge in [0, 0.05) is 114 Å². The highest BCUT2D eigenvalue weighted by molar-refractivity contribution is 9.12. The number of aromatic nitrogens is 4. The van der Waals surface area contributed by atoms with Crippen LogP contribution < -0.4 is 26.6 Å². The molecular weight excluding hydrogens is 1320 g/mol. The molecule has 4 aliphatic rings. The number of halogens is 7. The van der Waals surface area contributed by atoms with Gasteiger partial charge in [0.05, 0.1) is 52.6 Å². The number of allylic oxidation sites excluding steroid dienone is 1. The lowest BCUT2D eigenvalue weighted by atomic mass is 9.83. The molecular formula is C60H75BrCl6N14O7. The van der Waals surface area contributed by atoms with Crippen molar-refractivity contribution in [1.29, 1.82) is 0 Å². The van der Waals surface area contributed by atoms with E-state index in [0.717, 1.165) is 66.3 Å². The molecule has 1 aliphatic carbocycles. The van der Waals surface area contributed by atoms with Crippen molar-refractivity contribution in [3.8, 4) is 22.5 Å². The second kappa shape index (κ2) is 31.5. The summed E-state index contributed by atoms with van der Waals surface area (Å²) in [4.78, 5) is 77.9. The van der Waals surface area contributed by atoms with Crippen LogP contribution in [0.15, 0.2) is 82.4 Å². The highest BCUT2D eigenvalue weighted by atomic mass is 79.9. The van der Waals surface area contributed by atoms with Gasteiger partial charge in [-0.2, -0.15) is 10.2 Å². The number of ketones is 1. The van der Waals surface area contributed by atoms with Gasteiger partial charge < -0.3 is 55.7 Å². The van der Waals surface area contributed by atoms with Crippen LogP contribution in [0.25, 0.3) is 22.5 Å². The number of guanidine groups is 1. The van der Waals surface area contributed by atoms with Crippen LogP contribution in [0.3, 0.4) is 0 Å². The molecule has 28 heteroatoms. The SMILES string of the molecule is CC(C)(C)OC(=O)N1CCN(/C=C(\Br)C(=O)c2cccc(Cl)c2Cl)CC1.CC(C)(C)OC(=O)N1CCN(c2cc(-c3cccc(Cl)c3Cl)[nH]n2)CC1.NC(N)=N[C@@H](C(=O)NCC(=O)N1CCN(c2cc(-c3cccc(Cl)c3Cl)[nH]n2)CC1)C1CCCCC1. The second-order valence-electron chi connectivity index (χ2n) is 23.3. The minimum Gasteiger partial charge on any atom is -0.444 e. The van der Waals surface area contributed by atoms with Gasteiger partial charge in [-0.05, 0) is 100 Å². The minimum atomic E-state index is -0.651. The summed E-state index contributed by atoms with van der Waals surface area (Å²) < 4.78 is 11.2. The molecule has 1 saturated carbocycles. The molecule has 5 heterocycles. The number of amides is 4. The summed E-state index contributed by atoms with van der Waals surface area (Å²) >= 11 is 40.2. The van der Waals surface area contributed by atoms with Gasteiger partial charge in [-0.3, -0.25) is 24.6 Å². The van der Waals surface area contributed by atoms with Crippen LogP contribution in [0.5, 0.6) is 0 Å². The van der Waals surface area contributed by atoms with Crippen LogP contribution in [0, 0.1) is 5.92 Å². The summed E-state index contributed by atoms with van der Waals surface area (Å²) in [5.41, 5.74) is 13.6. The van der Waals surface area contributed by atoms with Crippen molar-refractivity contribution in [1.82, 2.24) is 45.3 Å². The van der Waals surface area contributed by atoms with Crippen molar-refractivity contribution in [2.75, 3.05) is 94.9 Å². The maximum Gasteiger partial charge on any atom is 0.410 e. The summed E-state index contributed by atoms with van der Waals surface area (Å²) in [7, 11) is 0. The van der Waals surface area contributed by atoms with Crippen molar-refractivity contribution < 1.29 is 33.4 Å². The zero-order chi connectivity index (χ0) is 64.0. The third-order valence-corrected chi connectivity index (χ3v) is 17.6. The largest absolute Gasteiger partial charge is 0.444 e. The van der Waals surface area contributed by atoms with Gasteiger partial charge in [-0.25, -0.2) is 14.6 Å². The Bertz CT molecular complexity index is 3300. The Morgan fingerprint density at radius 2 is 1.07 bits per heavy atom. The van der Waals surface area contributed by atoms with Crippen LogP contribution in [0.1, 0.15) is 84.0 Å². The Morgan fingerprint density at radius 1 is 0.636 bits per heavy atom. The van der Waals surface area contributed by atoms with Crippen molar-refractivity contribution in [3.63, 3.8) is 0 Å². The number of carbonyl (C=O) groups excluding carboxylic acids is 5. The highest BCUT2D eigenvalue weighted by Gasteiger charge is 2.32. The van der Waals surface area contributed by atoms with E-state index in [2.05, 4.69) is 56.4 Å². The first-order chi connectivity index (χ1) is 41.7. The highest BCUT2D eigenvalue weighted by Crippen LogP contribution is 2.36. The standard InChI is InChI=1S/C24H32Cl2N8O2.C18H21BrCl2N2O3.C18H22Cl2N4O2/c25-17-8-4-7-16(21(17)26)18-13-19(32-31-18)33-9-11-34(12-10-33)20(35)14-29-23(36)22(30-24(27)28)15-5-2-1-3-6-15;1-18(2,3)26-17(25)23-9-7-22(8-10-23)11-13(19)16(24)12-5-4-6-14(20)15(12)21;1-18(2,3)26-17(25)24-9-7-23(8-10-24)15-11-14(21-22-15)12-5-4-6-13(19)16(12)20/h4,7-8,13,15,22H,1-3,5-6,9-12,14H2,(H,29,36)(H,31,32)(H4,27,28,30);4-6,11H,7-10H2,1-3H3;4-6,11H,7-10H2,1-3H3,(H,21,22)/b;13-11-;/t22-;;/m1../s1. The first-order valence-corrected chi connectivity index (χ1v) is 31.9. The monoisotopic (exact) mass is 1390 g/mol. The molecule has 0 spiro atoms. The van der Waals surface area contributed by atoms with Crippen LogP contribution in [0.4, 0.5) is 21.2 Å². The number of H-pyrrole nitrogens is 2. The average Bonchev–Trinajstić information content (AvgIpc) is 3.34. The summed E-state index contributed by atoms with van der Waals surface area (Å²) in [5.74, 6) is 0.901. The number of piperazine rings is 3. The maximum absolute atomic E-state index is 12.8. The number of aromatic amines is 2. The number of carbonyl (C=O) groups is 5. The molecule has 3 aromatic carbocycles. The Labute approximate surface area is 551 Å². The number of aliphatic imine (C=N–C) groups is 1. The van der Waals surface area contributed by atoms with Gasteiger partial charge in [-0.1, -0.05) is 119 Å². The number of rotatable bonds is 12. The molecule has 0 bridgehead atoms. The smallest absolute Gasteiger partial charge is 0.410 e. The lowest BCUT2D eigenvalue weighted by molar-refractivity contribution is -0.133. The van der Waals surface area contributed by atoms with Gasteiger partial charge in [0.2, 0.25) is 17.6 Å². The van der Waals surface area contributed by atoms with Crippen LogP contribution in [-0.2, 0) is 19.1 Å². The van der Waals surface area contributed by atoms with Crippen LogP contribution >= 0.6 is 85.5 Å². The van der Waals surface area contributed by atoms with Crippen molar-refractivity contribution in [3.05, 3.63) is 113 Å². The molecule has 476 valence electrons. The molecule has 9 rings (SSSR count). The summed E-state index contributed by atoms with van der Waals surface area (Å²) in [6.07, 6.45) is 6.22. The fraction of sp³-hybridized carbons (Fsp3) is 0.467. The number of nitrogens with two attached hydrogens (primary N) is 2. The molecule has 7 N–H and O–H groups in total.